The summed E-state index contributed by atoms with van der Waals surface area (Å²) in [5, 5.41) is 3.50. The van der Waals surface area contributed by atoms with Crippen LogP contribution >= 0.6 is 31.9 Å². The zero-order chi connectivity index (χ0) is 17.0. The molecule has 128 valence electrons. The Morgan fingerprint density at radius 1 is 1.26 bits per heavy atom. The van der Waals surface area contributed by atoms with Gasteiger partial charge in [0.05, 0.1) is 5.69 Å². The SMILES string of the molecule is CC(C)(C)OC(=O)N1CCC(CNc2c(Br)cccc2Br)CC1. The van der Waals surface area contributed by atoms with Crippen LogP contribution in [0, 0.1) is 5.92 Å². The topological polar surface area (TPSA) is 41.6 Å². The molecule has 0 unspecified atom stereocenters. The molecule has 1 aromatic carbocycles. The summed E-state index contributed by atoms with van der Waals surface area (Å²) < 4.78 is 7.54. The van der Waals surface area contributed by atoms with Crippen LogP contribution in [-0.4, -0.2) is 36.2 Å². The fourth-order valence-corrected chi connectivity index (χ4v) is 3.84. The summed E-state index contributed by atoms with van der Waals surface area (Å²) in [6.45, 7) is 8.13. The van der Waals surface area contributed by atoms with E-state index in [-0.39, 0.29) is 6.09 Å². The van der Waals surface area contributed by atoms with Crippen LogP contribution in [0.3, 0.4) is 0 Å². The van der Waals surface area contributed by atoms with Gasteiger partial charge < -0.3 is 15.0 Å². The number of hydrogen-bond donors (Lipinski definition) is 1. The van der Waals surface area contributed by atoms with E-state index in [1.54, 1.807) is 0 Å². The lowest BCUT2D eigenvalue weighted by atomic mass is 9.97. The molecule has 0 aliphatic carbocycles. The first kappa shape index (κ1) is 18.6. The van der Waals surface area contributed by atoms with Crippen molar-refractivity contribution in [2.75, 3.05) is 25.0 Å². The van der Waals surface area contributed by atoms with Gasteiger partial charge in [0.2, 0.25) is 0 Å². The Morgan fingerprint density at radius 3 is 2.35 bits per heavy atom. The van der Waals surface area contributed by atoms with Crippen LogP contribution in [0.1, 0.15) is 33.6 Å². The van der Waals surface area contributed by atoms with E-state index in [0.717, 1.165) is 47.1 Å². The second kappa shape index (κ2) is 7.88. The van der Waals surface area contributed by atoms with Gasteiger partial charge in [0.25, 0.3) is 0 Å². The van der Waals surface area contributed by atoms with Gasteiger partial charge in [0, 0.05) is 28.6 Å². The number of carbonyl (C=O) groups is 1. The third-order valence-corrected chi connectivity index (χ3v) is 5.12. The third kappa shape index (κ3) is 5.68. The van der Waals surface area contributed by atoms with Crippen molar-refractivity contribution < 1.29 is 9.53 Å². The van der Waals surface area contributed by atoms with Crippen molar-refractivity contribution in [3.8, 4) is 0 Å². The maximum Gasteiger partial charge on any atom is 0.410 e. The molecule has 0 saturated carbocycles. The molecule has 1 aromatic rings. The number of amides is 1. The minimum atomic E-state index is -0.429. The monoisotopic (exact) mass is 446 g/mol. The number of nitrogens with zero attached hydrogens (tertiary/aromatic N) is 1. The number of benzene rings is 1. The van der Waals surface area contributed by atoms with Crippen LogP contribution in [-0.2, 0) is 4.74 Å². The molecule has 1 saturated heterocycles. The van der Waals surface area contributed by atoms with Crippen LogP contribution in [0.5, 0.6) is 0 Å². The Hall–Kier alpha value is -0.750. The molecule has 2 rings (SSSR count). The highest BCUT2D eigenvalue weighted by atomic mass is 79.9. The second-order valence-electron chi connectivity index (χ2n) is 6.89. The lowest BCUT2D eigenvalue weighted by Crippen LogP contribution is -2.42. The van der Waals surface area contributed by atoms with E-state index in [2.05, 4.69) is 37.2 Å². The highest BCUT2D eigenvalue weighted by Crippen LogP contribution is 2.31. The first-order valence-electron chi connectivity index (χ1n) is 7.92. The summed E-state index contributed by atoms with van der Waals surface area (Å²) in [6.07, 6.45) is 1.79. The number of ether oxygens (including phenoxy) is 1. The zero-order valence-corrected chi connectivity index (χ0v) is 17.0. The average molecular weight is 448 g/mol. The molecule has 0 radical (unpaired) electrons. The summed E-state index contributed by atoms with van der Waals surface area (Å²) in [6, 6.07) is 6.05. The molecule has 1 fully saturated rings. The van der Waals surface area contributed by atoms with E-state index in [0.29, 0.717) is 5.92 Å². The molecule has 23 heavy (non-hydrogen) atoms. The van der Waals surface area contributed by atoms with Gasteiger partial charge in [-0.1, -0.05) is 6.07 Å². The molecule has 4 nitrogen and oxygen atoms in total. The minimum absolute atomic E-state index is 0.197. The smallest absolute Gasteiger partial charge is 0.410 e. The molecule has 0 atom stereocenters. The minimum Gasteiger partial charge on any atom is -0.444 e. The Morgan fingerprint density at radius 2 is 1.83 bits per heavy atom. The van der Waals surface area contributed by atoms with E-state index >= 15 is 0 Å². The van der Waals surface area contributed by atoms with Crippen molar-refractivity contribution in [3.63, 3.8) is 0 Å². The van der Waals surface area contributed by atoms with Gasteiger partial charge in [0.1, 0.15) is 5.60 Å². The molecule has 1 aliphatic heterocycles. The molecule has 1 heterocycles. The molecule has 1 amide bonds. The van der Waals surface area contributed by atoms with Crippen molar-refractivity contribution in [2.24, 2.45) is 5.92 Å². The molecule has 1 aliphatic rings. The van der Waals surface area contributed by atoms with E-state index in [9.17, 15) is 4.79 Å². The number of nitrogens with one attached hydrogen (secondary N) is 1. The van der Waals surface area contributed by atoms with Gasteiger partial charge in [-0.25, -0.2) is 4.79 Å². The number of carbonyl (C=O) groups excluding carboxylic acids is 1. The molecule has 1 N–H and O–H groups in total. The summed E-state index contributed by atoms with van der Waals surface area (Å²) in [7, 11) is 0. The maximum atomic E-state index is 12.1. The van der Waals surface area contributed by atoms with Crippen molar-refractivity contribution in [1.29, 1.82) is 0 Å². The molecule has 0 aromatic heterocycles. The Labute approximate surface area is 155 Å². The number of para-hydroxylation sites is 1. The van der Waals surface area contributed by atoms with E-state index < -0.39 is 5.60 Å². The molecule has 0 spiro atoms. The Kier molecular flexibility index (Phi) is 6.37. The van der Waals surface area contributed by atoms with Crippen molar-refractivity contribution in [1.82, 2.24) is 4.90 Å². The van der Waals surface area contributed by atoms with Crippen molar-refractivity contribution >= 4 is 43.6 Å². The Balaban J connectivity index is 1.80. The summed E-state index contributed by atoms with van der Waals surface area (Å²) >= 11 is 7.13. The fourth-order valence-electron chi connectivity index (χ4n) is 2.56. The Bertz CT molecular complexity index is 530. The van der Waals surface area contributed by atoms with Gasteiger partial charge in [-0.15, -0.1) is 0 Å². The van der Waals surface area contributed by atoms with Crippen LogP contribution in [0.25, 0.3) is 0 Å². The van der Waals surface area contributed by atoms with Crippen LogP contribution in [0.15, 0.2) is 27.1 Å². The van der Waals surface area contributed by atoms with Crippen LogP contribution in [0.4, 0.5) is 10.5 Å². The predicted molar refractivity (Wildman–Crippen MR) is 101 cm³/mol. The number of anilines is 1. The summed E-state index contributed by atoms with van der Waals surface area (Å²) in [5.74, 6) is 0.563. The quantitative estimate of drug-likeness (QED) is 0.685. The largest absolute Gasteiger partial charge is 0.444 e. The number of piperidine rings is 1. The van der Waals surface area contributed by atoms with E-state index in [1.165, 1.54) is 0 Å². The van der Waals surface area contributed by atoms with Gasteiger partial charge >= 0.3 is 6.09 Å². The standard InChI is InChI=1S/C17H24Br2N2O2/c1-17(2,3)23-16(22)21-9-7-12(8-10-21)11-20-15-13(18)5-4-6-14(15)19/h4-6,12,20H,7-11H2,1-3H3. The van der Waals surface area contributed by atoms with E-state index in [1.807, 2.05) is 43.9 Å². The summed E-state index contributed by atoms with van der Waals surface area (Å²) in [5.41, 5.74) is 0.656. The number of rotatable bonds is 3. The first-order valence-corrected chi connectivity index (χ1v) is 9.50. The maximum absolute atomic E-state index is 12.1. The van der Waals surface area contributed by atoms with Crippen molar-refractivity contribution in [2.45, 2.75) is 39.2 Å². The average Bonchev–Trinajstić information content (AvgIpc) is 2.45. The lowest BCUT2D eigenvalue weighted by Gasteiger charge is -2.33. The lowest BCUT2D eigenvalue weighted by molar-refractivity contribution is 0.0188. The highest BCUT2D eigenvalue weighted by molar-refractivity contribution is 9.11. The molecular formula is C17H24Br2N2O2. The number of hydrogen-bond acceptors (Lipinski definition) is 3. The third-order valence-electron chi connectivity index (χ3n) is 3.80. The van der Waals surface area contributed by atoms with Crippen LogP contribution in [0.2, 0.25) is 0 Å². The van der Waals surface area contributed by atoms with Gasteiger partial charge in [-0.05, 0) is 83.5 Å². The molecular weight excluding hydrogens is 424 g/mol. The van der Waals surface area contributed by atoms with E-state index in [4.69, 9.17) is 4.74 Å². The summed E-state index contributed by atoms with van der Waals surface area (Å²) in [4.78, 5) is 13.9. The van der Waals surface area contributed by atoms with Gasteiger partial charge in [-0.3, -0.25) is 0 Å². The highest BCUT2D eigenvalue weighted by Gasteiger charge is 2.26. The predicted octanol–water partition coefficient (Wildman–Crippen LogP) is 5.27. The van der Waals surface area contributed by atoms with Crippen molar-refractivity contribution in [3.05, 3.63) is 27.1 Å². The number of halogens is 2. The fraction of sp³-hybridized carbons (Fsp3) is 0.588. The van der Waals surface area contributed by atoms with Gasteiger partial charge in [0.15, 0.2) is 0 Å². The normalized spacial score (nSPS) is 16.3. The zero-order valence-electron chi connectivity index (χ0n) is 13.9. The second-order valence-corrected chi connectivity index (χ2v) is 8.60. The number of likely N-dealkylation sites (tertiary alicyclic amines) is 1. The molecule has 6 heteroatoms. The van der Waals surface area contributed by atoms with Crippen LogP contribution < -0.4 is 5.32 Å². The molecule has 0 bridgehead atoms. The first-order chi connectivity index (χ1) is 10.8. The van der Waals surface area contributed by atoms with Gasteiger partial charge in [-0.2, -0.15) is 0 Å².